The first-order valence-corrected chi connectivity index (χ1v) is 12.4. The van der Waals surface area contributed by atoms with Gasteiger partial charge in [0, 0.05) is 28.8 Å². The first kappa shape index (κ1) is 21.9. The number of halogens is 1. The van der Waals surface area contributed by atoms with Crippen molar-refractivity contribution in [3.63, 3.8) is 0 Å². The number of amides is 1. The van der Waals surface area contributed by atoms with Crippen LogP contribution in [0.2, 0.25) is 5.02 Å². The van der Waals surface area contributed by atoms with Gasteiger partial charge in [-0.2, -0.15) is 4.99 Å². The van der Waals surface area contributed by atoms with Crippen molar-refractivity contribution in [2.24, 2.45) is 4.99 Å². The summed E-state index contributed by atoms with van der Waals surface area (Å²) >= 11 is 9.15. The van der Waals surface area contributed by atoms with Crippen molar-refractivity contribution in [1.82, 2.24) is 4.57 Å². The van der Waals surface area contributed by atoms with Gasteiger partial charge in [-0.1, -0.05) is 41.1 Å². The molecule has 33 heavy (non-hydrogen) atoms. The van der Waals surface area contributed by atoms with Gasteiger partial charge in [0.25, 0.3) is 5.91 Å². The van der Waals surface area contributed by atoms with Crippen LogP contribution >= 0.6 is 34.3 Å². The third kappa shape index (κ3) is 4.23. The number of thiazole rings is 1. The SMILES string of the molecule is CCOC(=O)CCn1c(=NC(=O)c2sc3ccccc3c2Cl)sc2cc3c(cc21)OCCO3. The number of benzene rings is 2. The van der Waals surface area contributed by atoms with E-state index in [-0.39, 0.29) is 12.4 Å². The molecule has 170 valence electrons. The van der Waals surface area contributed by atoms with Gasteiger partial charge in [-0.3, -0.25) is 9.59 Å². The molecule has 4 aromatic rings. The van der Waals surface area contributed by atoms with Crippen molar-refractivity contribution in [3.8, 4) is 11.5 Å². The van der Waals surface area contributed by atoms with Crippen molar-refractivity contribution in [2.75, 3.05) is 19.8 Å². The van der Waals surface area contributed by atoms with Crippen LogP contribution < -0.4 is 14.3 Å². The van der Waals surface area contributed by atoms with E-state index in [2.05, 4.69) is 4.99 Å². The van der Waals surface area contributed by atoms with E-state index in [0.29, 0.717) is 52.6 Å². The molecule has 0 saturated carbocycles. The Morgan fingerprint density at radius 3 is 2.64 bits per heavy atom. The predicted molar refractivity (Wildman–Crippen MR) is 129 cm³/mol. The number of esters is 1. The van der Waals surface area contributed by atoms with Crippen molar-refractivity contribution < 1.29 is 23.8 Å². The molecule has 5 rings (SSSR count). The lowest BCUT2D eigenvalue weighted by molar-refractivity contribution is -0.143. The summed E-state index contributed by atoms with van der Waals surface area (Å²) in [6.45, 7) is 3.33. The smallest absolute Gasteiger partial charge is 0.307 e. The van der Waals surface area contributed by atoms with Crippen LogP contribution in [0, 0.1) is 0 Å². The van der Waals surface area contributed by atoms with Crippen molar-refractivity contribution in [3.05, 3.63) is 51.1 Å². The molecule has 2 aromatic carbocycles. The summed E-state index contributed by atoms with van der Waals surface area (Å²) in [6.07, 6.45) is 0.152. The highest BCUT2D eigenvalue weighted by atomic mass is 35.5. The molecule has 7 nitrogen and oxygen atoms in total. The van der Waals surface area contributed by atoms with Crippen molar-refractivity contribution in [2.45, 2.75) is 19.9 Å². The maximum atomic E-state index is 13.1. The van der Waals surface area contributed by atoms with Gasteiger partial charge in [0.15, 0.2) is 16.3 Å². The fourth-order valence-corrected chi connectivity index (χ4v) is 6.09. The molecule has 1 aliphatic heterocycles. The number of carbonyl (C=O) groups is 2. The van der Waals surface area contributed by atoms with Gasteiger partial charge in [-0.15, -0.1) is 11.3 Å². The topological polar surface area (TPSA) is 79.1 Å². The molecule has 2 aromatic heterocycles. The third-order valence-electron chi connectivity index (χ3n) is 5.12. The highest BCUT2D eigenvalue weighted by Gasteiger charge is 2.20. The summed E-state index contributed by atoms with van der Waals surface area (Å²) in [5, 5.41) is 1.23. The molecule has 3 heterocycles. The number of rotatable bonds is 5. The highest BCUT2D eigenvalue weighted by Crippen LogP contribution is 2.37. The van der Waals surface area contributed by atoms with E-state index >= 15 is 0 Å². The van der Waals surface area contributed by atoms with Crippen LogP contribution in [0.5, 0.6) is 11.5 Å². The molecule has 0 unspecified atom stereocenters. The Hall–Kier alpha value is -2.88. The van der Waals surface area contributed by atoms with Crippen LogP contribution in [0.4, 0.5) is 0 Å². The third-order valence-corrected chi connectivity index (χ3v) is 7.82. The summed E-state index contributed by atoms with van der Waals surface area (Å²) in [5.74, 6) is 0.543. The molecular formula is C23H19ClN2O5S2. The standard InChI is InChI=1S/C23H19ClN2O5S2/c1-2-29-19(27)7-8-26-14-11-15-16(31-10-9-30-15)12-18(14)33-23(26)25-22(28)21-20(24)13-5-3-4-6-17(13)32-21/h3-6,11-12H,2,7-10H2,1H3. The van der Waals surface area contributed by atoms with Crippen molar-refractivity contribution in [1.29, 1.82) is 0 Å². The second-order valence-electron chi connectivity index (χ2n) is 7.21. The van der Waals surface area contributed by atoms with Gasteiger partial charge in [-0.25, -0.2) is 0 Å². The fourth-order valence-electron chi connectivity index (χ4n) is 3.63. The van der Waals surface area contributed by atoms with E-state index < -0.39 is 5.91 Å². The van der Waals surface area contributed by atoms with E-state index in [9.17, 15) is 9.59 Å². The van der Waals surface area contributed by atoms with E-state index in [1.54, 1.807) is 6.92 Å². The Morgan fingerprint density at radius 2 is 1.88 bits per heavy atom. The second kappa shape index (κ2) is 9.17. The fraction of sp³-hybridized carbons (Fsp3) is 0.261. The second-order valence-corrected chi connectivity index (χ2v) is 9.65. The Morgan fingerprint density at radius 1 is 1.12 bits per heavy atom. The zero-order valence-corrected chi connectivity index (χ0v) is 20.0. The molecule has 0 atom stereocenters. The number of hydrogen-bond donors (Lipinski definition) is 0. The first-order chi connectivity index (χ1) is 16.0. The normalized spacial score (nSPS) is 13.6. The van der Waals surface area contributed by atoms with Crippen LogP contribution in [-0.2, 0) is 16.1 Å². The highest BCUT2D eigenvalue weighted by molar-refractivity contribution is 7.21. The minimum Gasteiger partial charge on any atom is -0.486 e. The number of aromatic nitrogens is 1. The first-order valence-electron chi connectivity index (χ1n) is 10.4. The Kier molecular flexibility index (Phi) is 6.09. The number of hydrogen-bond acceptors (Lipinski definition) is 7. The number of nitrogens with zero attached hydrogens (tertiary/aromatic N) is 2. The lowest BCUT2D eigenvalue weighted by Crippen LogP contribution is -2.20. The van der Waals surface area contributed by atoms with Crippen molar-refractivity contribution >= 4 is 66.5 Å². The summed E-state index contributed by atoms with van der Waals surface area (Å²) in [4.78, 5) is 30.4. The van der Waals surface area contributed by atoms with E-state index in [1.807, 2.05) is 41.0 Å². The van der Waals surface area contributed by atoms with Gasteiger partial charge in [0.1, 0.15) is 18.1 Å². The van der Waals surface area contributed by atoms with Crippen LogP contribution in [0.15, 0.2) is 41.4 Å². The van der Waals surface area contributed by atoms with E-state index in [0.717, 1.165) is 20.3 Å². The maximum Gasteiger partial charge on any atom is 0.307 e. The lowest BCUT2D eigenvalue weighted by Gasteiger charge is -2.18. The Labute approximate surface area is 201 Å². The summed E-state index contributed by atoms with van der Waals surface area (Å²) in [6, 6.07) is 11.3. The molecule has 0 radical (unpaired) electrons. The molecule has 0 fully saturated rings. The quantitative estimate of drug-likeness (QED) is 0.357. The predicted octanol–water partition coefficient (Wildman–Crippen LogP) is 5.04. The molecule has 1 amide bonds. The number of thiophene rings is 1. The zero-order valence-electron chi connectivity index (χ0n) is 17.6. The monoisotopic (exact) mass is 502 g/mol. The van der Waals surface area contributed by atoms with Crippen LogP contribution in [0.25, 0.3) is 20.3 Å². The van der Waals surface area contributed by atoms with Crippen LogP contribution in [0.1, 0.15) is 23.0 Å². The summed E-state index contributed by atoms with van der Waals surface area (Å²) in [5.41, 5.74) is 0.808. The molecule has 0 saturated heterocycles. The van der Waals surface area contributed by atoms with Crippen LogP contribution in [-0.4, -0.2) is 36.3 Å². The zero-order chi connectivity index (χ0) is 22.9. The minimum absolute atomic E-state index is 0.152. The molecule has 0 bridgehead atoms. The van der Waals surface area contributed by atoms with Gasteiger partial charge in [-0.05, 0) is 13.0 Å². The number of aryl methyl sites for hydroxylation is 1. The Bertz CT molecular complexity index is 1450. The molecule has 1 aliphatic rings. The van der Waals surface area contributed by atoms with Gasteiger partial charge < -0.3 is 18.8 Å². The average Bonchev–Trinajstić information content (AvgIpc) is 3.33. The summed E-state index contributed by atoms with van der Waals surface area (Å²) in [7, 11) is 0. The van der Waals surface area contributed by atoms with Crippen LogP contribution in [0.3, 0.4) is 0 Å². The molecule has 0 aliphatic carbocycles. The largest absolute Gasteiger partial charge is 0.486 e. The van der Waals surface area contributed by atoms with Gasteiger partial charge in [0.2, 0.25) is 0 Å². The lowest BCUT2D eigenvalue weighted by atomic mass is 10.2. The number of ether oxygens (including phenoxy) is 3. The maximum absolute atomic E-state index is 13.1. The summed E-state index contributed by atoms with van der Waals surface area (Å²) < 4.78 is 20.1. The van der Waals surface area contributed by atoms with Gasteiger partial charge >= 0.3 is 5.97 Å². The molecule has 10 heteroatoms. The number of fused-ring (bicyclic) bond motifs is 3. The van der Waals surface area contributed by atoms with E-state index in [4.69, 9.17) is 25.8 Å². The molecule has 0 spiro atoms. The number of carbonyl (C=O) groups excluding carboxylic acids is 2. The minimum atomic E-state index is -0.421. The molecule has 0 N–H and O–H groups in total. The van der Waals surface area contributed by atoms with Gasteiger partial charge in [0.05, 0.1) is 28.3 Å². The van der Waals surface area contributed by atoms with E-state index in [1.165, 1.54) is 22.7 Å². The molecular weight excluding hydrogens is 484 g/mol. The average molecular weight is 503 g/mol. The Balaban J connectivity index is 1.61.